The largest absolute Gasteiger partial charge is 0.394 e. The first-order chi connectivity index (χ1) is 33.9. The molecule has 11 N–H and O–H groups in total. The van der Waals surface area contributed by atoms with E-state index in [1.165, 1.54) is 141 Å². The fraction of sp³-hybridized carbons (Fsp3) is 0.981. The van der Waals surface area contributed by atoms with Crippen LogP contribution in [0.4, 0.5) is 0 Å². The number of carbonyl (C=O) groups is 1. The molecule has 16 nitrogen and oxygen atoms in total. The van der Waals surface area contributed by atoms with Gasteiger partial charge in [0.05, 0.1) is 32.0 Å². The van der Waals surface area contributed by atoms with Gasteiger partial charge in [-0.25, -0.2) is 0 Å². The number of nitrogens with one attached hydrogen (secondary N) is 1. The zero-order valence-electron chi connectivity index (χ0n) is 43.8. The van der Waals surface area contributed by atoms with Gasteiger partial charge < -0.3 is 75.3 Å². The van der Waals surface area contributed by atoms with Crippen molar-refractivity contribution in [1.82, 2.24) is 5.32 Å². The van der Waals surface area contributed by atoms with Crippen LogP contribution in [-0.4, -0.2) is 163 Å². The highest BCUT2D eigenvalue weighted by Gasteiger charge is 2.51. The van der Waals surface area contributed by atoms with Gasteiger partial charge >= 0.3 is 0 Å². The molecule has 0 saturated carbocycles. The number of carbonyl (C=O) groups excluding carboxylic acids is 1. The normalized spacial score (nSPS) is 26.8. The van der Waals surface area contributed by atoms with Crippen LogP contribution in [0.25, 0.3) is 0 Å². The van der Waals surface area contributed by atoms with Crippen LogP contribution >= 0.6 is 0 Å². The van der Waals surface area contributed by atoms with E-state index in [1.54, 1.807) is 0 Å². The summed E-state index contributed by atoms with van der Waals surface area (Å²) in [4.78, 5) is 13.4. The Bertz CT molecular complexity index is 1220. The molecule has 16 heteroatoms. The van der Waals surface area contributed by atoms with Gasteiger partial charge in [-0.3, -0.25) is 4.79 Å². The zero-order chi connectivity index (χ0) is 51.4. The maximum Gasteiger partial charge on any atom is 0.249 e. The molecule has 0 aliphatic carbocycles. The Balaban J connectivity index is 1.87. The van der Waals surface area contributed by atoms with Gasteiger partial charge in [-0.15, -0.1) is 0 Å². The first kappa shape index (κ1) is 65.0. The number of unbranched alkanes of at least 4 members (excludes halogenated alkanes) is 30. The molecule has 2 heterocycles. The Labute approximate surface area is 422 Å². The van der Waals surface area contributed by atoms with Crippen LogP contribution in [0.5, 0.6) is 0 Å². The summed E-state index contributed by atoms with van der Waals surface area (Å²) in [7, 11) is 0. The average molecular weight is 1010 g/mol. The molecule has 70 heavy (non-hydrogen) atoms. The molecular weight excluding hydrogens is 903 g/mol. The molecule has 1 amide bonds. The van der Waals surface area contributed by atoms with Crippen molar-refractivity contribution >= 4 is 5.91 Å². The molecule has 2 fully saturated rings. The van der Waals surface area contributed by atoms with Crippen molar-refractivity contribution in [2.75, 3.05) is 19.8 Å². The molecule has 14 unspecified atom stereocenters. The summed E-state index contributed by atoms with van der Waals surface area (Å²) in [6, 6.07) is -1.31. The maximum absolute atomic E-state index is 13.4. The van der Waals surface area contributed by atoms with Crippen LogP contribution in [0.3, 0.4) is 0 Å². The van der Waals surface area contributed by atoms with Gasteiger partial charge in [0, 0.05) is 0 Å². The SMILES string of the molecule is CCCCCCCCCCCCCCCCCCCCCCCC(O)C(=O)NC(COC1OC(CO)C(O)C(O)C1OC1OC(CO)C(O)C(O)C1O)C(O)C(O)CCCCCCCCCCCCC. The van der Waals surface area contributed by atoms with Gasteiger partial charge in [0.15, 0.2) is 12.6 Å². The quantitative estimate of drug-likeness (QED) is 0.0291. The molecule has 2 rings (SSSR count). The van der Waals surface area contributed by atoms with E-state index < -0.39 is 111 Å². The summed E-state index contributed by atoms with van der Waals surface area (Å²) in [5.41, 5.74) is 0. The molecule has 0 radical (unpaired) electrons. The molecule has 2 aliphatic heterocycles. The van der Waals surface area contributed by atoms with Gasteiger partial charge in [-0.1, -0.05) is 219 Å². The van der Waals surface area contributed by atoms with Crippen molar-refractivity contribution in [2.45, 2.75) is 318 Å². The van der Waals surface area contributed by atoms with Crippen LogP contribution in [-0.2, 0) is 23.7 Å². The summed E-state index contributed by atoms with van der Waals surface area (Å²) in [5.74, 6) is -0.773. The Morgan fingerprint density at radius 1 is 0.471 bits per heavy atom. The van der Waals surface area contributed by atoms with Crippen molar-refractivity contribution in [3.8, 4) is 0 Å². The highest BCUT2D eigenvalue weighted by atomic mass is 16.8. The summed E-state index contributed by atoms with van der Waals surface area (Å²) in [5, 5.41) is 109. The van der Waals surface area contributed by atoms with E-state index in [1.807, 2.05) is 0 Å². The lowest BCUT2D eigenvalue weighted by Gasteiger charge is -2.46. The third kappa shape index (κ3) is 26.9. The van der Waals surface area contributed by atoms with E-state index in [9.17, 15) is 55.9 Å². The van der Waals surface area contributed by atoms with Crippen LogP contribution < -0.4 is 5.32 Å². The van der Waals surface area contributed by atoms with E-state index in [4.69, 9.17) is 18.9 Å². The Morgan fingerprint density at radius 3 is 1.23 bits per heavy atom. The number of aliphatic hydroxyl groups excluding tert-OH is 10. The third-order valence-corrected chi connectivity index (χ3v) is 14.5. The first-order valence-corrected chi connectivity index (χ1v) is 28.5. The zero-order valence-corrected chi connectivity index (χ0v) is 43.8. The van der Waals surface area contributed by atoms with Gasteiger partial charge in [0.25, 0.3) is 0 Å². The summed E-state index contributed by atoms with van der Waals surface area (Å²) < 4.78 is 22.9. The standard InChI is InChI=1S/C54H105NO15/c1-3-5-7-9-11-13-15-16-17-18-19-20-21-22-23-24-26-28-30-32-34-36-42(59)52(66)55-40(45(60)41(58)35-33-31-29-27-25-14-12-10-8-6-4-2)39-67-54-51(49(64)47(62)44(38-57)69-54)70-53-50(65)48(63)46(61)43(37-56)68-53/h40-51,53-54,56-65H,3-39H2,1-2H3,(H,55,66). The van der Waals surface area contributed by atoms with E-state index in [0.29, 0.717) is 12.8 Å². The van der Waals surface area contributed by atoms with E-state index >= 15 is 0 Å². The van der Waals surface area contributed by atoms with Gasteiger partial charge in [0.2, 0.25) is 5.91 Å². The minimum absolute atomic E-state index is 0.193. The number of ether oxygens (including phenoxy) is 4. The van der Waals surface area contributed by atoms with Gasteiger partial charge in [-0.2, -0.15) is 0 Å². The molecule has 0 spiro atoms. The summed E-state index contributed by atoms with van der Waals surface area (Å²) >= 11 is 0. The Morgan fingerprint density at radius 2 is 0.829 bits per heavy atom. The van der Waals surface area contributed by atoms with Crippen molar-refractivity contribution in [3.63, 3.8) is 0 Å². The molecule has 14 atom stereocenters. The Kier molecular flexibility index (Phi) is 38.3. The van der Waals surface area contributed by atoms with E-state index in [2.05, 4.69) is 19.2 Å². The van der Waals surface area contributed by atoms with Crippen LogP contribution in [0.1, 0.15) is 232 Å². The predicted molar refractivity (Wildman–Crippen MR) is 271 cm³/mol. The van der Waals surface area contributed by atoms with Crippen LogP contribution in [0.15, 0.2) is 0 Å². The number of amides is 1. The minimum Gasteiger partial charge on any atom is -0.394 e. The molecule has 416 valence electrons. The summed E-state index contributed by atoms with van der Waals surface area (Å²) in [6.45, 7) is 2.40. The molecule has 2 saturated heterocycles. The van der Waals surface area contributed by atoms with Crippen LogP contribution in [0.2, 0.25) is 0 Å². The molecule has 2 aliphatic rings. The second-order valence-corrected chi connectivity index (χ2v) is 20.7. The topological polar surface area (TPSA) is 268 Å². The average Bonchev–Trinajstić information content (AvgIpc) is 3.36. The fourth-order valence-electron chi connectivity index (χ4n) is 9.73. The molecule has 0 aromatic rings. The second-order valence-electron chi connectivity index (χ2n) is 20.7. The van der Waals surface area contributed by atoms with Crippen molar-refractivity contribution in [1.29, 1.82) is 0 Å². The Hall–Kier alpha value is -1.09. The lowest BCUT2D eigenvalue weighted by Crippen LogP contribution is -2.65. The molecule has 0 bridgehead atoms. The predicted octanol–water partition coefficient (Wildman–Crippen LogP) is 6.50. The van der Waals surface area contributed by atoms with Crippen molar-refractivity contribution in [3.05, 3.63) is 0 Å². The van der Waals surface area contributed by atoms with Crippen molar-refractivity contribution < 1.29 is 74.8 Å². The monoisotopic (exact) mass is 1010 g/mol. The minimum atomic E-state index is -1.87. The molecule has 0 aromatic carbocycles. The third-order valence-electron chi connectivity index (χ3n) is 14.5. The van der Waals surface area contributed by atoms with Gasteiger partial charge in [-0.05, 0) is 12.8 Å². The lowest BCUT2D eigenvalue weighted by molar-refractivity contribution is -0.368. The highest BCUT2D eigenvalue weighted by molar-refractivity contribution is 5.80. The lowest BCUT2D eigenvalue weighted by atomic mass is 9.97. The number of hydrogen-bond acceptors (Lipinski definition) is 15. The summed E-state index contributed by atoms with van der Waals surface area (Å²) in [6.07, 6.45) is 17.9. The van der Waals surface area contributed by atoms with E-state index in [0.717, 1.165) is 51.4 Å². The number of rotatable bonds is 45. The van der Waals surface area contributed by atoms with Crippen molar-refractivity contribution in [2.24, 2.45) is 0 Å². The number of aliphatic hydroxyl groups is 10. The smallest absolute Gasteiger partial charge is 0.249 e. The fourth-order valence-corrected chi connectivity index (χ4v) is 9.73. The molecule has 0 aromatic heterocycles. The maximum atomic E-state index is 13.4. The second kappa shape index (κ2) is 41.2. The first-order valence-electron chi connectivity index (χ1n) is 28.5. The van der Waals surface area contributed by atoms with Crippen LogP contribution in [0, 0.1) is 0 Å². The van der Waals surface area contributed by atoms with Gasteiger partial charge in [0.1, 0.15) is 61.0 Å². The molecular formula is C54H105NO15. The number of hydrogen-bond donors (Lipinski definition) is 11. The highest BCUT2D eigenvalue weighted by Crippen LogP contribution is 2.30. The van der Waals surface area contributed by atoms with E-state index in [-0.39, 0.29) is 12.8 Å².